The topological polar surface area (TPSA) is 73.8 Å². The van der Waals surface area contributed by atoms with Gasteiger partial charge in [-0.3, -0.25) is 5.10 Å². The fourth-order valence-electron chi connectivity index (χ4n) is 3.49. The van der Waals surface area contributed by atoms with Crippen LogP contribution in [0.1, 0.15) is 0 Å². The zero-order valence-electron chi connectivity index (χ0n) is 15.6. The van der Waals surface area contributed by atoms with Gasteiger partial charge in [-0.25, -0.2) is 4.79 Å². The summed E-state index contributed by atoms with van der Waals surface area (Å²) < 4.78 is 5.29. The Hall–Kier alpha value is -3.57. The number of piperazine rings is 1. The summed E-state index contributed by atoms with van der Waals surface area (Å²) in [5.41, 5.74) is 3.27. The van der Waals surface area contributed by atoms with E-state index >= 15 is 0 Å². The predicted molar refractivity (Wildman–Crippen MR) is 109 cm³/mol. The maximum atomic E-state index is 11.1. The SMILES string of the molecule is COc1cccc(-c2[nH]nc(N3CCN(c4ccccc4)CC3)c2N=C=O)c1. The zero-order chi connectivity index (χ0) is 19.3. The van der Waals surface area contributed by atoms with Crippen molar-refractivity contribution < 1.29 is 9.53 Å². The first-order valence-corrected chi connectivity index (χ1v) is 9.16. The van der Waals surface area contributed by atoms with Gasteiger partial charge < -0.3 is 14.5 Å². The van der Waals surface area contributed by atoms with Gasteiger partial charge in [0.15, 0.2) is 5.82 Å². The van der Waals surface area contributed by atoms with Gasteiger partial charge in [0, 0.05) is 37.4 Å². The van der Waals surface area contributed by atoms with E-state index < -0.39 is 0 Å². The number of isocyanates is 1. The number of rotatable bonds is 5. The Morgan fingerprint density at radius 1 is 1.04 bits per heavy atom. The fourth-order valence-corrected chi connectivity index (χ4v) is 3.49. The summed E-state index contributed by atoms with van der Waals surface area (Å²) in [6, 6.07) is 17.9. The molecule has 28 heavy (non-hydrogen) atoms. The van der Waals surface area contributed by atoms with E-state index in [9.17, 15) is 4.79 Å². The predicted octanol–water partition coefficient (Wildman–Crippen LogP) is 3.38. The second-order valence-electron chi connectivity index (χ2n) is 6.52. The van der Waals surface area contributed by atoms with Gasteiger partial charge in [-0.1, -0.05) is 30.3 Å². The Morgan fingerprint density at radius 3 is 2.50 bits per heavy atom. The van der Waals surface area contributed by atoms with Crippen molar-refractivity contribution in [1.29, 1.82) is 0 Å². The van der Waals surface area contributed by atoms with Crippen molar-refractivity contribution in [1.82, 2.24) is 10.2 Å². The summed E-state index contributed by atoms with van der Waals surface area (Å²) in [4.78, 5) is 19.5. The molecule has 0 unspecified atom stereocenters. The summed E-state index contributed by atoms with van der Waals surface area (Å²) >= 11 is 0. The highest BCUT2D eigenvalue weighted by molar-refractivity contribution is 5.83. The number of nitrogens with zero attached hydrogens (tertiary/aromatic N) is 4. The van der Waals surface area contributed by atoms with E-state index in [1.807, 2.05) is 42.5 Å². The lowest BCUT2D eigenvalue weighted by molar-refractivity contribution is 0.415. The number of hydrogen-bond acceptors (Lipinski definition) is 6. The van der Waals surface area contributed by atoms with E-state index in [1.54, 1.807) is 13.2 Å². The van der Waals surface area contributed by atoms with Crippen LogP contribution < -0.4 is 14.5 Å². The number of benzene rings is 2. The molecule has 1 aromatic heterocycles. The van der Waals surface area contributed by atoms with Crippen LogP contribution >= 0.6 is 0 Å². The highest BCUT2D eigenvalue weighted by atomic mass is 16.5. The molecule has 0 radical (unpaired) electrons. The summed E-state index contributed by atoms with van der Waals surface area (Å²) in [7, 11) is 1.62. The van der Waals surface area contributed by atoms with Crippen molar-refractivity contribution in [3.8, 4) is 17.0 Å². The van der Waals surface area contributed by atoms with Gasteiger partial charge in [0.05, 0.1) is 12.8 Å². The van der Waals surface area contributed by atoms with E-state index in [2.05, 4.69) is 37.1 Å². The second-order valence-corrected chi connectivity index (χ2v) is 6.52. The van der Waals surface area contributed by atoms with Crippen LogP contribution in [0, 0.1) is 0 Å². The molecule has 2 aromatic carbocycles. The number of aromatic nitrogens is 2. The minimum absolute atomic E-state index is 0.511. The molecule has 0 spiro atoms. The number of hydrogen-bond donors (Lipinski definition) is 1. The van der Waals surface area contributed by atoms with Gasteiger partial charge in [-0.05, 0) is 24.3 Å². The van der Waals surface area contributed by atoms with Crippen molar-refractivity contribution in [3.63, 3.8) is 0 Å². The molecule has 1 saturated heterocycles. The maximum absolute atomic E-state index is 11.1. The molecule has 3 aromatic rings. The molecule has 7 nitrogen and oxygen atoms in total. The first-order chi connectivity index (χ1) is 13.8. The number of methoxy groups -OCH3 is 1. The normalized spacial score (nSPS) is 13.9. The van der Waals surface area contributed by atoms with Crippen LogP contribution in [0.2, 0.25) is 0 Å². The molecule has 2 heterocycles. The van der Waals surface area contributed by atoms with Gasteiger partial charge in [0.1, 0.15) is 11.4 Å². The third kappa shape index (κ3) is 3.48. The molecule has 1 aliphatic heterocycles. The zero-order valence-corrected chi connectivity index (χ0v) is 15.6. The van der Waals surface area contributed by atoms with E-state index in [1.165, 1.54) is 5.69 Å². The average molecular weight is 375 g/mol. The quantitative estimate of drug-likeness (QED) is 0.547. The molecule has 0 bridgehead atoms. The van der Waals surface area contributed by atoms with Crippen LogP contribution in [-0.2, 0) is 4.79 Å². The molecule has 4 rings (SSSR count). The highest BCUT2D eigenvalue weighted by Crippen LogP contribution is 2.37. The van der Waals surface area contributed by atoms with Crippen LogP contribution in [0.3, 0.4) is 0 Å². The first kappa shape index (κ1) is 17.8. The Morgan fingerprint density at radius 2 is 1.79 bits per heavy atom. The lowest BCUT2D eigenvalue weighted by Gasteiger charge is -2.36. The smallest absolute Gasteiger partial charge is 0.240 e. The largest absolute Gasteiger partial charge is 0.497 e. The molecule has 0 saturated carbocycles. The standard InChI is InChI=1S/C21H21N5O2/c1-28-18-9-5-6-16(14-18)19-20(22-15-27)21(24-23-19)26-12-10-25(11-13-26)17-7-3-2-4-8-17/h2-9,14H,10-13H2,1H3,(H,23,24). The van der Waals surface area contributed by atoms with Gasteiger partial charge in [0.2, 0.25) is 6.08 Å². The Labute approximate surface area is 163 Å². The van der Waals surface area contributed by atoms with Crippen LogP contribution in [0.4, 0.5) is 17.2 Å². The van der Waals surface area contributed by atoms with Gasteiger partial charge in [0.25, 0.3) is 0 Å². The van der Waals surface area contributed by atoms with Crippen LogP contribution in [0.15, 0.2) is 59.6 Å². The van der Waals surface area contributed by atoms with Crippen LogP contribution in [-0.4, -0.2) is 49.6 Å². The van der Waals surface area contributed by atoms with E-state index in [0.717, 1.165) is 37.5 Å². The minimum Gasteiger partial charge on any atom is -0.497 e. The second kappa shape index (κ2) is 7.98. The number of aliphatic imine (C=N–C) groups is 1. The molecule has 142 valence electrons. The molecular formula is C21H21N5O2. The van der Waals surface area contributed by atoms with Crippen LogP contribution in [0.5, 0.6) is 5.75 Å². The van der Waals surface area contributed by atoms with Gasteiger partial charge in [-0.2, -0.15) is 10.1 Å². The molecule has 7 heteroatoms. The molecule has 1 fully saturated rings. The summed E-state index contributed by atoms with van der Waals surface area (Å²) in [5, 5.41) is 7.49. The molecule has 1 N–H and O–H groups in total. The lowest BCUT2D eigenvalue weighted by Crippen LogP contribution is -2.46. The van der Waals surface area contributed by atoms with Crippen molar-refractivity contribution in [2.75, 3.05) is 43.1 Å². The molecule has 0 atom stereocenters. The van der Waals surface area contributed by atoms with Gasteiger partial charge >= 0.3 is 0 Å². The monoisotopic (exact) mass is 375 g/mol. The number of H-pyrrole nitrogens is 1. The van der Waals surface area contributed by atoms with Crippen molar-refractivity contribution in [3.05, 3.63) is 54.6 Å². The van der Waals surface area contributed by atoms with E-state index in [4.69, 9.17) is 4.74 Å². The van der Waals surface area contributed by atoms with Crippen LogP contribution in [0.25, 0.3) is 11.3 Å². The molecular weight excluding hydrogens is 354 g/mol. The highest BCUT2D eigenvalue weighted by Gasteiger charge is 2.24. The number of aromatic amines is 1. The number of ether oxygens (including phenoxy) is 1. The third-order valence-corrected chi connectivity index (χ3v) is 4.94. The molecule has 1 aliphatic rings. The summed E-state index contributed by atoms with van der Waals surface area (Å²) in [5.74, 6) is 1.40. The lowest BCUT2D eigenvalue weighted by atomic mass is 10.1. The Kier molecular flexibility index (Phi) is 5.08. The number of nitrogens with one attached hydrogen (secondary N) is 1. The van der Waals surface area contributed by atoms with E-state index in [0.29, 0.717) is 17.2 Å². The summed E-state index contributed by atoms with van der Waals surface area (Å²) in [6.45, 7) is 3.32. The Bertz CT molecular complexity index is 987. The molecule has 0 aliphatic carbocycles. The summed E-state index contributed by atoms with van der Waals surface area (Å²) in [6.07, 6.45) is 1.67. The van der Waals surface area contributed by atoms with E-state index in [-0.39, 0.29) is 0 Å². The third-order valence-electron chi connectivity index (χ3n) is 4.94. The molecule has 0 amide bonds. The van der Waals surface area contributed by atoms with Crippen molar-refractivity contribution in [2.45, 2.75) is 0 Å². The Balaban J connectivity index is 1.59. The number of anilines is 2. The van der Waals surface area contributed by atoms with Gasteiger partial charge in [-0.15, -0.1) is 0 Å². The minimum atomic E-state index is 0.511. The maximum Gasteiger partial charge on any atom is 0.240 e. The number of carbonyl (C=O) groups excluding carboxylic acids is 1. The van der Waals surface area contributed by atoms with Crippen molar-refractivity contribution >= 4 is 23.3 Å². The first-order valence-electron chi connectivity index (χ1n) is 9.16. The fraction of sp³-hybridized carbons (Fsp3) is 0.238. The average Bonchev–Trinajstić information content (AvgIpc) is 3.18. The van der Waals surface area contributed by atoms with Crippen molar-refractivity contribution in [2.24, 2.45) is 4.99 Å². The number of para-hydroxylation sites is 1.